The van der Waals surface area contributed by atoms with Gasteiger partial charge in [0.2, 0.25) is 5.91 Å². The topological polar surface area (TPSA) is 20.3 Å². The Morgan fingerprint density at radius 1 is 1.09 bits per heavy atom. The molecule has 3 heteroatoms. The maximum absolute atomic E-state index is 14.0. The third kappa shape index (κ3) is 2.35. The summed E-state index contributed by atoms with van der Waals surface area (Å²) in [4.78, 5) is 15.1. The Kier molecular flexibility index (Phi) is 3.47. The van der Waals surface area contributed by atoms with E-state index in [4.69, 9.17) is 0 Å². The minimum absolute atomic E-state index is 0.128. The van der Waals surface area contributed by atoms with Crippen LogP contribution in [0.25, 0.3) is 0 Å². The van der Waals surface area contributed by atoms with Gasteiger partial charge >= 0.3 is 0 Å². The molecule has 0 spiro atoms. The molecule has 4 aliphatic rings. The summed E-state index contributed by atoms with van der Waals surface area (Å²) >= 11 is 0. The summed E-state index contributed by atoms with van der Waals surface area (Å²) in [5.41, 5.74) is 0.538. The van der Waals surface area contributed by atoms with Crippen LogP contribution in [0.2, 0.25) is 0 Å². The number of halogens is 1. The van der Waals surface area contributed by atoms with Crippen molar-refractivity contribution < 1.29 is 9.18 Å². The monoisotopic (exact) mass is 301 g/mol. The Labute approximate surface area is 131 Å². The van der Waals surface area contributed by atoms with E-state index in [-0.39, 0.29) is 17.6 Å². The van der Waals surface area contributed by atoms with Crippen LogP contribution in [-0.2, 0) is 4.79 Å². The second-order valence-corrected chi connectivity index (χ2v) is 7.66. The summed E-state index contributed by atoms with van der Waals surface area (Å²) in [5.74, 6) is 1.81. The summed E-state index contributed by atoms with van der Waals surface area (Å²) in [6, 6.07) is 7.10. The average Bonchev–Trinajstić information content (AvgIpc) is 2.70. The molecule has 4 bridgehead atoms. The molecule has 5 rings (SSSR count). The molecule has 3 atom stereocenters. The first-order chi connectivity index (χ1) is 10.6. The number of hydrogen-bond donors (Lipinski definition) is 0. The number of amides is 1. The second kappa shape index (κ2) is 5.36. The van der Waals surface area contributed by atoms with E-state index >= 15 is 0 Å². The SMILES string of the molecule is CC(C(=O)N1CC2CC3CC(C2)CC1C3)c1ccccc1F. The minimum atomic E-state index is -0.378. The fourth-order valence-corrected chi connectivity index (χ4v) is 5.26. The van der Waals surface area contributed by atoms with Gasteiger partial charge in [-0.3, -0.25) is 4.79 Å². The zero-order chi connectivity index (χ0) is 15.3. The molecule has 0 aromatic heterocycles. The lowest BCUT2D eigenvalue weighted by Gasteiger charge is -2.39. The van der Waals surface area contributed by atoms with Gasteiger partial charge in [-0.2, -0.15) is 0 Å². The first-order valence-electron chi connectivity index (χ1n) is 8.66. The molecular weight excluding hydrogens is 277 g/mol. The molecule has 2 nitrogen and oxygen atoms in total. The Bertz CT molecular complexity index is 573. The summed E-state index contributed by atoms with van der Waals surface area (Å²) in [7, 11) is 0. The molecule has 2 saturated heterocycles. The van der Waals surface area contributed by atoms with E-state index in [0.717, 1.165) is 18.4 Å². The number of rotatable bonds is 2. The van der Waals surface area contributed by atoms with Crippen LogP contribution >= 0.6 is 0 Å². The van der Waals surface area contributed by atoms with Crippen LogP contribution in [0.1, 0.15) is 50.5 Å². The van der Waals surface area contributed by atoms with Crippen LogP contribution in [0.5, 0.6) is 0 Å². The second-order valence-electron chi connectivity index (χ2n) is 7.66. The van der Waals surface area contributed by atoms with Crippen LogP contribution in [0.15, 0.2) is 24.3 Å². The minimum Gasteiger partial charge on any atom is -0.339 e. The zero-order valence-corrected chi connectivity index (χ0v) is 13.2. The molecule has 1 aromatic rings. The summed E-state index contributed by atoms with van der Waals surface area (Å²) in [6.07, 6.45) is 6.30. The molecule has 0 radical (unpaired) electrons. The average molecular weight is 301 g/mol. The lowest BCUT2D eigenvalue weighted by molar-refractivity contribution is -0.135. The molecule has 2 saturated carbocycles. The maximum Gasteiger partial charge on any atom is 0.230 e. The van der Waals surface area contributed by atoms with Gasteiger partial charge in [-0.05, 0) is 68.4 Å². The molecule has 1 aromatic carbocycles. The van der Waals surface area contributed by atoms with Gasteiger partial charge in [-0.1, -0.05) is 18.2 Å². The van der Waals surface area contributed by atoms with E-state index in [9.17, 15) is 9.18 Å². The number of nitrogens with zero attached hydrogens (tertiary/aromatic N) is 1. The first kappa shape index (κ1) is 14.2. The van der Waals surface area contributed by atoms with Gasteiger partial charge in [0.05, 0.1) is 5.92 Å². The van der Waals surface area contributed by atoms with E-state index in [1.807, 2.05) is 13.0 Å². The lowest BCUT2D eigenvalue weighted by atomic mass is 9.68. The largest absolute Gasteiger partial charge is 0.339 e. The van der Waals surface area contributed by atoms with Gasteiger partial charge in [0.1, 0.15) is 5.82 Å². The molecule has 2 aliphatic heterocycles. The Balaban J connectivity index is 1.59. The van der Waals surface area contributed by atoms with Crippen LogP contribution in [0, 0.1) is 23.6 Å². The molecule has 2 heterocycles. The third-order valence-electron chi connectivity index (χ3n) is 6.13. The fraction of sp³-hybridized carbons (Fsp3) is 0.632. The number of hydrogen-bond acceptors (Lipinski definition) is 1. The molecule has 3 unspecified atom stereocenters. The van der Waals surface area contributed by atoms with Crippen molar-refractivity contribution in [2.75, 3.05) is 6.54 Å². The first-order valence-corrected chi connectivity index (χ1v) is 8.66. The third-order valence-corrected chi connectivity index (χ3v) is 6.13. The highest BCUT2D eigenvalue weighted by atomic mass is 19.1. The smallest absolute Gasteiger partial charge is 0.230 e. The lowest BCUT2D eigenvalue weighted by Crippen LogP contribution is -2.44. The van der Waals surface area contributed by atoms with Crippen LogP contribution in [-0.4, -0.2) is 23.4 Å². The zero-order valence-electron chi connectivity index (χ0n) is 13.2. The van der Waals surface area contributed by atoms with Crippen molar-refractivity contribution in [3.8, 4) is 0 Å². The molecular formula is C19H24FNO. The highest BCUT2D eigenvalue weighted by Gasteiger charge is 2.44. The number of carbonyl (C=O) groups excluding carboxylic acids is 1. The van der Waals surface area contributed by atoms with Crippen molar-refractivity contribution in [2.45, 2.75) is 51.0 Å². The van der Waals surface area contributed by atoms with Gasteiger partial charge in [0.25, 0.3) is 0 Å². The predicted molar refractivity (Wildman–Crippen MR) is 83.9 cm³/mol. The van der Waals surface area contributed by atoms with Gasteiger partial charge in [-0.25, -0.2) is 4.39 Å². The number of fused-ring (bicyclic) bond motifs is 1. The van der Waals surface area contributed by atoms with E-state index in [1.54, 1.807) is 12.1 Å². The van der Waals surface area contributed by atoms with Crippen LogP contribution in [0.4, 0.5) is 4.39 Å². The van der Waals surface area contributed by atoms with Crippen molar-refractivity contribution in [1.29, 1.82) is 0 Å². The van der Waals surface area contributed by atoms with E-state index < -0.39 is 0 Å². The van der Waals surface area contributed by atoms with Gasteiger partial charge in [-0.15, -0.1) is 0 Å². The van der Waals surface area contributed by atoms with Crippen molar-refractivity contribution in [1.82, 2.24) is 4.90 Å². The highest BCUT2D eigenvalue weighted by molar-refractivity contribution is 5.83. The quantitative estimate of drug-likeness (QED) is 0.809. The van der Waals surface area contributed by atoms with Crippen LogP contribution in [0.3, 0.4) is 0 Å². The standard InChI is InChI=1S/C19H24FNO/c1-12(17-4-2-3-5-18(17)20)19(22)21-11-15-7-13-6-14(8-15)10-16(21)9-13/h2-5,12-16H,6-11H2,1H3. The van der Waals surface area contributed by atoms with E-state index in [2.05, 4.69) is 4.90 Å². The van der Waals surface area contributed by atoms with Crippen molar-refractivity contribution in [2.24, 2.45) is 17.8 Å². The Hall–Kier alpha value is -1.38. The molecule has 118 valence electrons. The van der Waals surface area contributed by atoms with Gasteiger partial charge < -0.3 is 4.90 Å². The van der Waals surface area contributed by atoms with Crippen molar-refractivity contribution >= 4 is 5.91 Å². The molecule has 2 aliphatic carbocycles. The highest BCUT2D eigenvalue weighted by Crippen LogP contribution is 2.48. The Morgan fingerprint density at radius 3 is 2.41 bits per heavy atom. The van der Waals surface area contributed by atoms with Gasteiger partial charge in [0, 0.05) is 12.6 Å². The van der Waals surface area contributed by atoms with Crippen LogP contribution < -0.4 is 0 Å². The maximum atomic E-state index is 14.0. The molecule has 22 heavy (non-hydrogen) atoms. The van der Waals surface area contributed by atoms with E-state index in [0.29, 0.717) is 17.5 Å². The molecule has 4 fully saturated rings. The summed E-state index contributed by atoms with van der Waals surface area (Å²) < 4.78 is 14.0. The Morgan fingerprint density at radius 2 is 1.73 bits per heavy atom. The summed E-state index contributed by atoms with van der Waals surface area (Å²) in [5, 5.41) is 0. The van der Waals surface area contributed by atoms with Crippen molar-refractivity contribution in [3.63, 3.8) is 0 Å². The van der Waals surface area contributed by atoms with E-state index in [1.165, 1.54) is 38.2 Å². The number of benzene rings is 1. The fourth-order valence-electron chi connectivity index (χ4n) is 5.26. The van der Waals surface area contributed by atoms with Gasteiger partial charge in [0.15, 0.2) is 0 Å². The van der Waals surface area contributed by atoms with Crippen molar-refractivity contribution in [3.05, 3.63) is 35.6 Å². The normalized spacial score (nSPS) is 34.5. The predicted octanol–water partition coefficient (Wildman–Crippen LogP) is 3.97. The number of carbonyl (C=O) groups is 1. The summed E-state index contributed by atoms with van der Waals surface area (Å²) in [6.45, 7) is 2.76. The molecule has 1 amide bonds. The molecule has 0 N–H and O–H groups in total.